The zero-order valence-electron chi connectivity index (χ0n) is 11.9. The second-order valence-corrected chi connectivity index (χ2v) is 5.24. The summed E-state index contributed by atoms with van der Waals surface area (Å²) in [6.07, 6.45) is 0. The molecule has 2 aromatic rings. The van der Waals surface area contributed by atoms with Crippen LogP contribution < -0.4 is 16.1 Å². The highest BCUT2D eigenvalue weighted by Crippen LogP contribution is 2.09. The first kappa shape index (κ1) is 13.8. The lowest BCUT2D eigenvalue weighted by molar-refractivity contribution is 0.0934. The maximum atomic E-state index is 12.4. The fraction of sp³-hybridized carbons (Fsp3) is 0.400. The minimum Gasteiger partial charge on any atom is -0.350 e. The summed E-state index contributed by atoms with van der Waals surface area (Å²) < 4.78 is 1.69. The molecule has 1 aliphatic heterocycles. The number of hydrogen-bond acceptors (Lipinski definition) is 4. The van der Waals surface area contributed by atoms with Crippen molar-refractivity contribution < 1.29 is 4.79 Å². The second-order valence-electron chi connectivity index (χ2n) is 5.24. The van der Waals surface area contributed by atoms with Crippen LogP contribution in [0, 0.1) is 5.92 Å². The normalized spacial score (nSPS) is 14.9. The average molecular weight is 286 g/mol. The number of nitrogens with one attached hydrogen (secondary N) is 2. The summed E-state index contributed by atoms with van der Waals surface area (Å²) in [7, 11) is 0. The summed E-state index contributed by atoms with van der Waals surface area (Å²) in [5.41, 5.74) is 0.423. The van der Waals surface area contributed by atoms with Crippen molar-refractivity contribution in [1.82, 2.24) is 20.4 Å². The molecule has 0 atom stereocenters. The highest BCUT2D eigenvalue weighted by molar-refractivity contribution is 5.95. The predicted octanol–water partition coefficient (Wildman–Crippen LogP) is 0.366. The van der Waals surface area contributed by atoms with Crippen molar-refractivity contribution >= 4 is 16.8 Å². The van der Waals surface area contributed by atoms with Crippen molar-refractivity contribution in [2.24, 2.45) is 5.92 Å². The van der Waals surface area contributed by atoms with Gasteiger partial charge in [0.1, 0.15) is 0 Å². The van der Waals surface area contributed by atoms with Crippen molar-refractivity contribution in [3.63, 3.8) is 0 Å². The van der Waals surface area contributed by atoms with Gasteiger partial charge in [-0.25, -0.2) is 0 Å². The molecule has 2 heterocycles. The van der Waals surface area contributed by atoms with Gasteiger partial charge in [0.15, 0.2) is 5.69 Å². The number of carbonyl (C=O) groups excluding carboxylic acids is 1. The van der Waals surface area contributed by atoms with E-state index in [9.17, 15) is 9.59 Å². The van der Waals surface area contributed by atoms with E-state index in [2.05, 4.69) is 15.7 Å². The van der Waals surface area contributed by atoms with Gasteiger partial charge in [0, 0.05) is 37.5 Å². The Morgan fingerprint density at radius 1 is 1.43 bits per heavy atom. The Hall–Kier alpha value is -2.21. The third-order valence-corrected chi connectivity index (χ3v) is 3.79. The lowest BCUT2D eigenvalue weighted by Crippen LogP contribution is -2.48. The van der Waals surface area contributed by atoms with Gasteiger partial charge in [-0.1, -0.05) is 12.1 Å². The summed E-state index contributed by atoms with van der Waals surface area (Å²) in [6, 6.07) is 7.23. The fourth-order valence-corrected chi connectivity index (χ4v) is 2.44. The minimum atomic E-state index is -0.389. The van der Waals surface area contributed by atoms with Gasteiger partial charge in [0.05, 0.1) is 5.52 Å². The highest BCUT2D eigenvalue weighted by Gasteiger charge is 2.20. The van der Waals surface area contributed by atoms with Gasteiger partial charge in [0.25, 0.3) is 5.91 Å². The monoisotopic (exact) mass is 286 g/mol. The van der Waals surface area contributed by atoms with Crippen LogP contribution in [0.3, 0.4) is 0 Å². The molecule has 3 rings (SSSR count). The lowest BCUT2D eigenvalue weighted by Gasteiger charge is -2.26. The molecule has 1 aromatic heterocycles. The van der Waals surface area contributed by atoms with Crippen molar-refractivity contribution in [3.05, 3.63) is 40.2 Å². The molecular formula is C15H18N4O2. The molecule has 2 N–H and O–H groups in total. The molecule has 0 spiro atoms. The van der Waals surface area contributed by atoms with E-state index < -0.39 is 0 Å². The summed E-state index contributed by atoms with van der Waals surface area (Å²) >= 11 is 0. The van der Waals surface area contributed by atoms with Gasteiger partial charge in [-0.05, 0) is 19.1 Å². The Labute approximate surface area is 122 Å². The average Bonchev–Trinajstić information content (AvgIpc) is 2.46. The lowest BCUT2D eigenvalue weighted by atomic mass is 10.0. The van der Waals surface area contributed by atoms with Gasteiger partial charge >= 0.3 is 0 Å². The molecule has 1 fully saturated rings. The number of rotatable bonds is 4. The Kier molecular flexibility index (Phi) is 3.70. The van der Waals surface area contributed by atoms with Crippen LogP contribution in [-0.4, -0.2) is 35.3 Å². The maximum Gasteiger partial charge on any atom is 0.275 e. The quantitative estimate of drug-likeness (QED) is 0.851. The highest BCUT2D eigenvalue weighted by atomic mass is 16.2. The van der Waals surface area contributed by atoms with Crippen LogP contribution >= 0.6 is 0 Å². The zero-order valence-corrected chi connectivity index (χ0v) is 11.9. The summed E-state index contributed by atoms with van der Waals surface area (Å²) in [5.74, 6) is 0.0580. The Balaban J connectivity index is 1.95. The third kappa shape index (κ3) is 2.54. The Morgan fingerprint density at radius 3 is 2.86 bits per heavy atom. The van der Waals surface area contributed by atoms with Crippen LogP contribution in [0.4, 0.5) is 0 Å². The van der Waals surface area contributed by atoms with Gasteiger partial charge in [0.2, 0.25) is 5.43 Å². The van der Waals surface area contributed by atoms with E-state index in [0.29, 0.717) is 24.4 Å². The molecule has 1 amide bonds. The largest absolute Gasteiger partial charge is 0.350 e. The SMILES string of the molecule is CCn1nc(C(=O)NCC2CNC2)c(=O)c2ccccc21. The molecule has 1 aliphatic rings. The first-order valence-corrected chi connectivity index (χ1v) is 7.19. The molecule has 0 bridgehead atoms. The van der Waals surface area contributed by atoms with E-state index >= 15 is 0 Å². The minimum absolute atomic E-state index is 0.0252. The van der Waals surface area contributed by atoms with Gasteiger partial charge in [-0.3, -0.25) is 14.3 Å². The van der Waals surface area contributed by atoms with Crippen LogP contribution in [0.25, 0.3) is 10.9 Å². The molecule has 0 radical (unpaired) electrons. The van der Waals surface area contributed by atoms with E-state index in [1.807, 2.05) is 19.1 Å². The van der Waals surface area contributed by atoms with E-state index in [0.717, 1.165) is 18.6 Å². The first-order valence-electron chi connectivity index (χ1n) is 7.19. The summed E-state index contributed by atoms with van der Waals surface area (Å²) in [5, 5.41) is 10.7. The van der Waals surface area contributed by atoms with Crippen LogP contribution in [0.1, 0.15) is 17.4 Å². The molecule has 1 aromatic carbocycles. The molecule has 0 unspecified atom stereocenters. The molecule has 6 heteroatoms. The number of aryl methyl sites for hydroxylation is 1. The topological polar surface area (TPSA) is 76.0 Å². The van der Waals surface area contributed by atoms with Crippen molar-refractivity contribution in [2.45, 2.75) is 13.5 Å². The van der Waals surface area contributed by atoms with Crippen molar-refractivity contribution in [2.75, 3.05) is 19.6 Å². The van der Waals surface area contributed by atoms with E-state index in [-0.39, 0.29) is 17.0 Å². The van der Waals surface area contributed by atoms with Crippen molar-refractivity contribution in [3.8, 4) is 0 Å². The van der Waals surface area contributed by atoms with Crippen LogP contribution in [0.15, 0.2) is 29.1 Å². The molecule has 0 saturated carbocycles. The number of aromatic nitrogens is 2. The van der Waals surface area contributed by atoms with E-state index in [4.69, 9.17) is 0 Å². The second kappa shape index (κ2) is 5.65. The van der Waals surface area contributed by atoms with Gasteiger partial charge < -0.3 is 10.6 Å². The molecule has 110 valence electrons. The summed E-state index contributed by atoms with van der Waals surface area (Å²) in [6.45, 7) is 4.93. The van der Waals surface area contributed by atoms with Crippen LogP contribution in [0.2, 0.25) is 0 Å². The number of benzene rings is 1. The standard InChI is InChI=1S/C15H18N4O2/c1-2-19-12-6-4-3-5-11(12)14(20)13(18-19)15(21)17-9-10-7-16-8-10/h3-6,10,16H,2,7-9H2,1H3,(H,17,21). The number of carbonyl (C=O) groups is 1. The fourth-order valence-electron chi connectivity index (χ4n) is 2.44. The summed E-state index contributed by atoms with van der Waals surface area (Å²) in [4.78, 5) is 24.6. The van der Waals surface area contributed by atoms with Crippen molar-refractivity contribution in [1.29, 1.82) is 0 Å². The smallest absolute Gasteiger partial charge is 0.275 e. The van der Waals surface area contributed by atoms with Gasteiger partial charge in [-0.2, -0.15) is 5.10 Å². The van der Waals surface area contributed by atoms with Crippen LogP contribution in [-0.2, 0) is 6.54 Å². The number of nitrogens with zero attached hydrogens (tertiary/aromatic N) is 2. The number of para-hydroxylation sites is 1. The Morgan fingerprint density at radius 2 is 2.19 bits per heavy atom. The molecule has 21 heavy (non-hydrogen) atoms. The van der Waals surface area contributed by atoms with E-state index in [1.165, 1.54) is 0 Å². The number of fused-ring (bicyclic) bond motifs is 1. The maximum absolute atomic E-state index is 12.4. The number of hydrogen-bond donors (Lipinski definition) is 2. The number of amides is 1. The third-order valence-electron chi connectivity index (χ3n) is 3.79. The Bertz CT molecular complexity index is 734. The first-order chi connectivity index (χ1) is 10.2. The van der Waals surface area contributed by atoms with E-state index in [1.54, 1.807) is 16.8 Å². The molecule has 1 saturated heterocycles. The molecule has 0 aliphatic carbocycles. The molecular weight excluding hydrogens is 268 g/mol. The predicted molar refractivity (Wildman–Crippen MR) is 80.4 cm³/mol. The molecule has 6 nitrogen and oxygen atoms in total. The zero-order chi connectivity index (χ0) is 14.8. The van der Waals surface area contributed by atoms with Gasteiger partial charge in [-0.15, -0.1) is 0 Å². The van der Waals surface area contributed by atoms with Crippen LogP contribution in [0.5, 0.6) is 0 Å².